The second kappa shape index (κ2) is 6.93. The Morgan fingerprint density at radius 2 is 1.48 bits per heavy atom. The number of hydrogen-bond donors (Lipinski definition) is 0. The predicted octanol–water partition coefficient (Wildman–Crippen LogP) is 5.05. The van der Waals surface area contributed by atoms with Gasteiger partial charge in [0, 0.05) is 0 Å². The van der Waals surface area contributed by atoms with Gasteiger partial charge in [-0.05, 0) is 29.9 Å². The Balaban J connectivity index is 2.17. The zero-order valence-corrected chi connectivity index (χ0v) is 13.2. The van der Waals surface area contributed by atoms with Crippen LogP contribution >= 0.6 is 0 Å². The molecule has 0 atom stereocenters. The Labute approximate surface area is 128 Å². The van der Waals surface area contributed by atoms with Crippen molar-refractivity contribution in [2.75, 3.05) is 0 Å². The topological polar surface area (TPSA) is 0 Å². The van der Waals surface area contributed by atoms with Crippen molar-refractivity contribution in [1.82, 2.24) is 0 Å². The third-order valence-corrected chi connectivity index (χ3v) is 4.53. The number of halogens is 1. The Kier molecular flexibility index (Phi) is 5.22. The molecule has 0 heterocycles. The molecule has 109 valence electrons. The number of rotatable bonds is 6. The maximum Gasteiger partial charge on any atom is 0.129 e. The molecule has 21 heavy (non-hydrogen) atoms. The highest BCUT2D eigenvalue weighted by Gasteiger charge is 2.28. The summed E-state index contributed by atoms with van der Waals surface area (Å²) in [4.78, 5) is 0. The van der Waals surface area contributed by atoms with Crippen molar-refractivity contribution >= 4 is 7.28 Å². The van der Waals surface area contributed by atoms with Crippen LogP contribution in [0.25, 0.3) is 0 Å². The third kappa shape index (κ3) is 3.75. The Morgan fingerprint density at radius 1 is 0.905 bits per heavy atom. The van der Waals surface area contributed by atoms with Gasteiger partial charge in [0.25, 0.3) is 0 Å². The van der Waals surface area contributed by atoms with Crippen molar-refractivity contribution in [1.29, 1.82) is 0 Å². The first kappa shape index (κ1) is 15.8. The molecule has 2 heteroatoms. The van der Waals surface area contributed by atoms with Crippen molar-refractivity contribution in [3.63, 3.8) is 0 Å². The minimum atomic E-state index is -0.168. The zero-order chi connectivity index (χ0) is 15.3. The first-order valence-corrected chi connectivity index (χ1v) is 7.75. The van der Waals surface area contributed by atoms with E-state index in [1.165, 1.54) is 16.7 Å². The van der Waals surface area contributed by atoms with Crippen LogP contribution in [0.4, 0.5) is 4.39 Å². The van der Waals surface area contributed by atoms with E-state index >= 15 is 0 Å². The number of hydrogen-bond acceptors (Lipinski definition) is 0. The van der Waals surface area contributed by atoms with Gasteiger partial charge in [-0.25, -0.2) is 4.39 Å². The molecule has 0 aromatic heterocycles. The van der Waals surface area contributed by atoms with Crippen LogP contribution < -0.4 is 0 Å². The number of benzene rings is 2. The molecule has 2 aromatic rings. The lowest BCUT2D eigenvalue weighted by atomic mass is 9.45. The Bertz CT molecular complexity index is 553. The molecule has 0 spiro atoms. The van der Waals surface area contributed by atoms with Gasteiger partial charge < -0.3 is 0 Å². The fourth-order valence-corrected chi connectivity index (χ4v) is 2.88. The molecular formula is C19H23BF. The van der Waals surface area contributed by atoms with E-state index in [2.05, 4.69) is 52.3 Å². The van der Waals surface area contributed by atoms with Gasteiger partial charge in [-0.15, -0.1) is 0 Å². The molecule has 0 saturated heterocycles. The summed E-state index contributed by atoms with van der Waals surface area (Å²) in [6.45, 7) is 6.52. The van der Waals surface area contributed by atoms with Gasteiger partial charge in [-0.1, -0.05) is 80.5 Å². The highest BCUT2D eigenvalue weighted by Crippen LogP contribution is 2.31. The van der Waals surface area contributed by atoms with E-state index in [4.69, 9.17) is 0 Å². The van der Waals surface area contributed by atoms with E-state index in [0.29, 0.717) is 0 Å². The van der Waals surface area contributed by atoms with Gasteiger partial charge in [0.05, 0.1) is 0 Å². The number of aryl methyl sites for hydroxylation is 1. The molecule has 0 unspecified atom stereocenters. The second-order valence-electron chi connectivity index (χ2n) is 5.76. The molecule has 1 radical (unpaired) electrons. The summed E-state index contributed by atoms with van der Waals surface area (Å²) < 4.78 is 13.2. The lowest BCUT2D eigenvalue weighted by Crippen LogP contribution is -2.33. The molecule has 0 N–H and O–H groups in total. The van der Waals surface area contributed by atoms with Crippen molar-refractivity contribution in [2.24, 2.45) is 0 Å². The lowest BCUT2D eigenvalue weighted by Gasteiger charge is -2.32. The average molecular weight is 281 g/mol. The van der Waals surface area contributed by atoms with Crippen molar-refractivity contribution < 1.29 is 4.39 Å². The summed E-state index contributed by atoms with van der Waals surface area (Å²) in [6.07, 6.45) is 3.00. The molecule has 0 bridgehead atoms. The maximum atomic E-state index is 13.2. The van der Waals surface area contributed by atoms with Crippen molar-refractivity contribution in [3.05, 3.63) is 71.0 Å². The van der Waals surface area contributed by atoms with E-state index in [1.54, 1.807) is 12.1 Å². The van der Waals surface area contributed by atoms with Crippen LogP contribution in [-0.4, -0.2) is 7.28 Å². The summed E-state index contributed by atoms with van der Waals surface area (Å²) in [7, 11) is 2.39. The van der Waals surface area contributed by atoms with Gasteiger partial charge >= 0.3 is 0 Å². The van der Waals surface area contributed by atoms with Gasteiger partial charge in [0.1, 0.15) is 13.1 Å². The Morgan fingerprint density at radius 3 is 2.00 bits per heavy atom. The maximum absolute atomic E-state index is 13.2. The normalized spacial score (nSPS) is 11.4. The monoisotopic (exact) mass is 281 g/mol. The molecule has 2 rings (SSSR count). The molecular weight excluding hydrogens is 258 g/mol. The summed E-state index contributed by atoms with van der Waals surface area (Å²) in [5.41, 5.74) is 3.82. The molecule has 0 amide bonds. The molecule has 0 fully saturated rings. The fraction of sp³-hybridized carbons (Fsp3) is 0.368. The van der Waals surface area contributed by atoms with Crippen LogP contribution in [0.15, 0.2) is 48.5 Å². The van der Waals surface area contributed by atoms with Crippen LogP contribution in [0.1, 0.15) is 43.4 Å². The van der Waals surface area contributed by atoms with Crippen LogP contribution in [0.5, 0.6) is 0 Å². The van der Waals surface area contributed by atoms with E-state index in [9.17, 15) is 4.39 Å². The smallest absolute Gasteiger partial charge is 0.129 e. The first-order chi connectivity index (χ1) is 10.1. The quantitative estimate of drug-likeness (QED) is 0.650. The lowest BCUT2D eigenvalue weighted by molar-refractivity contribution is 0.550. The minimum Gasteiger partial charge on any atom is -0.207 e. The third-order valence-electron chi connectivity index (χ3n) is 4.53. The van der Waals surface area contributed by atoms with Crippen LogP contribution in [0.2, 0.25) is 0 Å². The van der Waals surface area contributed by atoms with E-state index in [1.807, 2.05) is 12.1 Å². The van der Waals surface area contributed by atoms with Crippen LogP contribution in [0, 0.1) is 12.7 Å². The highest BCUT2D eigenvalue weighted by atomic mass is 19.1. The van der Waals surface area contributed by atoms with Gasteiger partial charge in [-0.3, -0.25) is 0 Å². The molecule has 0 aliphatic rings. The van der Waals surface area contributed by atoms with Crippen LogP contribution in [0.3, 0.4) is 0 Å². The summed E-state index contributed by atoms with van der Waals surface area (Å²) in [5, 5.41) is 0.0264. The van der Waals surface area contributed by atoms with Crippen LogP contribution in [-0.2, 0) is 11.6 Å². The standard InChI is InChI=1S/C19H23BF/c1-4-19(5-2,17-10-12-18(21)13-11-17)20-14-16-8-6-15(3)7-9-16/h6-13H,4-5,14H2,1-3H3. The molecule has 0 aliphatic heterocycles. The summed E-state index contributed by atoms with van der Waals surface area (Å²) in [6, 6.07) is 15.7. The summed E-state index contributed by atoms with van der Waals surface area (Å²) in [5.74, 6) is -0.168. The molecule has 0 saturated carbocycles. The molecule has 2 aromatic carbocycles. The van der Waals surface area contributed by atoms with Gasteiger partial charge in [0.15, 0.2) is 0 Å². The minimum absolute atomic E-state index is 0.0264. The fourth-order valence-electron chi connectivity index (χ4n) is 2.88. The highest BCUT2D eigenvalue weighted by molar-refractivity contribution is 6.39. The molecule has 0 aliphatic carbocycles. The first-order valence-electron chi connectivity index (χ1n) is 7.75. The van der Waals surface area contributed by atoms with E-state index in [-0.39, 0.29) is 11.1 Å². The van der Waals surface area contributed by atoms with Crippen molar-refractivity contribution in [2.45, 2.75) is 45.2 Å². The predicted molar refractivity (Wildman–Crippen MR) is 89.3 cm³/mol. The van der Waals surface area contributed by atoms with Gasteiger partial charge in [-0.2, -0.15) is 0 Å². The second-order valence-corrected chi connectivity index (χ2v) is 5.76. The molecule has 0 nitrogen and oxygen atoms in total. The van der Waals surface area contributed by atoms with Gasteiger partial charge in [0.2, 0.25) is 0 Å². The SMILES string of the molecule is CCC([B]Cc1ccc(C)cc1)(CC)c1ccc(F)cc1. The summed E-state index contributed by atoms with van der Waals surface area (Å²) >= 11 is 0. The zero-order valence-electron chi connectivity index (χ0n) is 13.2. The Hall–Kier alpha value is -1.57. The largest absolute Gasteiger partial charge is 0.207 e. The van der Waals surface area contributed by atoms with E-state index in [0.717, 1.165) is 19.2 Å². The van der Waals surface area contributed by atoms with E-state index < -0.39 is 0 Å². The van der Waals surface area contributed by atoms with Crippen molar-refractivity contribution in [3.8, 4) is 0 Å². The average Bonchev–Trinajstić information content (AvgIpc) is 2.52.